The van der Waals surface area contributed by atoms with Gasteiger partial charge in [-0.3, -0.25) is 0 Å². The second-order valence-electron chi connectivity index (χ2n) is 7.74. The van der Waals surface area contributed by atoms with Gasteiger partial charge in [0.1, 0.15) is 23.0 Å². The summed E-state index contributed by atoms with van der Waals surface area (Å²) in [5.74, 6) is 0.730. The molecule has 0 bridgehead atoms. The maximum Gasteiger partial charge on any atom is 0.336 e. The summed E-state index contributed by atoms with van der Waals surface area (Å²) in [7, 11) is 1.69. The summed E-state index contributed by atoms with van der Waals surface area (Å²) >= 11 is 0. The van der Waals surface area contributed by atoms with Gasteiger partial charge in [0.15, 0.2) is 0 Å². The zero-order valence-corrected chi connectivity index (χ0v) is 17.6. The molecule has 0 aliphatic carbocycles. The van der Waals surface area contributed by atoms with Crippen molar-refractivity contribution in [1.82, 2.24) is 0 Å². The molecule has 0 radical (unpaired) electrons. The molecule has 4 heteroatoms. The van der Waals surface area contributed by atoms with Crippen LogP contribution >= 0.6 is 0 Å². The summed E-state index contributed by atoms with van der Waals surface area (Å²) in [6, 6.07) is 23.8. The van der Waals surface area contributed by atoms with Crippen molar-refractivity contribution in [3.05, 3.63) is 106 Å². The molecule has 0 fully saturated rings. The molecule has 0 aliphatic rings. The number of hydrogen-bond acceptors (Lipinski definition) is 4. The summed E-state index contributed by atoms with van der Waals surface area (Å²) in [5.41, 5.74) is 5.63. The second kappa shape index (κ2) is 7.56. The van der Waals surface area contributed by atoms with Crippen LogP contribution in [-0.2, 0) is 4.74 Å². The maximum atomic E-state index is 12.0. The number of ether oxygens (including phenoxy) is 1. The highest BCUT2D eigenvalue weighted by Gasteiger charge is 2.27. The zero-order valence-electron chi connectivity index (χ0n) is 17.6. The third kappa shape index (κ3) is 3.16. The Morgan fingerprint density at radius 3 is 2.13 bits per heavy atom. The van der Waals surface area contributed by atoms with Crippen molar-refractivity contribution in [1.29, 1.82) is 0 Å². The summed E-state index contributed by atoms with van der Waals surface area (Å²) in [4.78, 5) is 12.0. The van der Waals surface area contributed by atoms with Crippen LogP contribution in [0.5, 0.6) is 0 Å². The van der Waals surface area contributed by atoms with Crippen molar-refractivity contribution < 1.29 is 13.6 Å². The van der Waals surface area contributed by atoms with Gasteiger partial charge in [0.05, 0.1) is 0 Å². The lowest BCUT2D eigenvalue weighted by molar-refractivity contribution is 0.118. The van der Waals surface area contributed by atoms with E-state index in [1.54, 1.807) is 7.11 Å². The fourth-order valence-corrected chi connectivity index (χ4v) is 4.31. The van der Waals surface area contributed by atoms with Crippen molar-refractivity contribution in [2.75, 3.05) is 7.11 Å². The number of methoxy groups -OCH3 is 1. The molecule has 0 aliphatic heterocycles. The molecule has 4 nitrogen and oxygen atoms in total. The van der Waals surface area contributed by atoms with Crippen LogP contribution in [0.3, 0.4) is 0 Å². The average Bonchev–Trinajstić information content (AvgIpc) is 3.16. The summed E-state index contributed by atoms with van der Waals surface area (Å²) in [6.07, 6.45) is -0.376. The minimum atomic E-state index is -0.376. The number of rotatable bonds is 4. The van der Waals surface area contributed by atoms with E-state index in [0.29, 0.717) is 11.2 Å². The molecule has 154 valence electrons. The lowest BCUT2D eigenvalue weighted by Gasteiger charge is -2.15. The molecule has 0 saturated carbocycles. The van der Waals surface area contributed by atoms with Crippen LogP contribution in [0, 0.1) is 13.8 Å². The molecule has 0 unspecified atom stereocenters. The topological polar surface area (TPSA) is 52.6 Å². The van der Waals surface area contributed by atoms with E-state index in [2.05, 4.69) is 18.2 Å². The Hall–Kier alpha value is -3.63. The third-order valence-electron chi connectivity index (χ3n) is 5.79. The zero-order chi connectivity index (χ0) is 21.5. The first-order valence-electron chi connectivity index (χ1n) is 10.2. The lowest BCUT2D eigenvalue weighted by Crippen LogP contribution is -2.03. The van der Waals surface area contributed by atoms with Gasteiger partial charge in [-0.1, -0.05) is 60.7 Å². The molecule has 1 atom stereocenters. The fourth-order valence-electron chi connectivity index (χ4n) is 4.31. The Labute approximate surface area is 179 Å². The second-order valence-corrected chi connectivity index (χ2v) is 7.74. The highest BCUT2D eigenvalue weighted by Crippen LogP contribution is 2.44. The molecule has 0 amide bonds. The fraction of sp³-hybridized carbons (Fsp3) is 0.148. The summed E-state index contributed by atoms with van der Waals surface area (Å²) in [6.45, 7) is 3.86. The van der Waals surface area contributed by atoms with E-state index in [1.165, 1.54) is 6.07 Å². The monoisotopic (exact) mass is 410 g/mol. The lowest BCUT2D eigenvalue weighted by atomic mass is 9.95. The van der Waals surface area contributed by atoms with Crippen molar-refractivity contribution >= 4 is 21.9 Å². The van der Waals surface area contributed by atoms with Crippen molar-refractivity contribution in [2.24, 2.45) is 0 Å². The molecule has 5 aromatic rings. The van der Waals surface area contributed by atoms with Gasteiger partial charge in [0.25, 0.3) is 0 Å². The molecular weight excluding hydrogens is 388 g/mol. The largest absolute Gasteiger partial charge is 0.457 e. The van der Waals surface area contributed by atoms with E-state index < -0.39 is 0 Å². The SMILES string of the molecule is CO[C@H](c1ccccc1)c1oc2c(C)c3oc(=O)cc(C)c3cc2c1-c1ccccc1. The van der Waals surface area contributed by atoms with E-state index in [9.17, 15) is 4.79 Å². The van der Waals surface area contributed by atoms with Gasteiger partial charge in [-0.05, 0) is 36.6 Å². The van der Waals surface area contributed by atoms with Gasteiger partial charge in [-0.15, -0.1) is 0 Å². The van der Waals surface area contributed by atoms with Gasteiger partial charge in [-0.25, -0.2) is 4.79 Å². The van der Waals surface area contributed by atoms with Gasteiger partial charge in [0.2, 0.25) is 0 Å². The smallest absolute Gasteiger partial charge is 0.336 e. The summed E-state index contributed by atoms with van der Waals surface area (Å²) in [5, 5.41) is 1.88. The van der Waals surface area contributed by atoms with Crippen LogP contribution in [0.4, 0.5) is 0 Å². The Kier molecular flexibility index (Phi) is 4.72. The Bertz CT molecular complexity index is 1440. The highest BCUT2D eigenvalue weighted by atomic mass is 16.5. The normalized spacial score (nSPS) is 12.5. The molecule has 0 spiro atoms. The number of hydrogen-bond donors (Lipinski definition) is 0. The van der Waals surface area contributed by atoms with Crippen LogP contribution in [0.15, 0.2) is 86.4 Å². The van der Waals surface area contributed by atoms with E-state index in [0.717, 1.165) is 44.3 Å². The van der Waals surface area contributed by atoms with E-state index >= 15 is 0 Å². The van der Waals surface area contributed by atoms with Gasteiger partial charge in [-0.2, -0.15) is 0 Å². The van der Waals surface area contributed by atoms with Crippen LogP contribution in [0.1, 0.15) is 28.6 Å². The first-order valence-corrected chi connectivity index (χ1v) is 10.2. The standard InChI is InChI=1S/C27H22O4/c1-16-14-22(28)30-24-17(2)25-21(15-20(16)24)23(18-10-6-4-7-11-18)27(31-25)26(29-3)19-12-8-5-9-13-19/h4-15,26H,1-3H3/t26-/m1/s1. The average molecular weight is 410 g/mol. The Balaban J connectivity index is 1.91. The first kappa shape index (κ1) is 19.3. The van der Waals surface area contributed by atoms with Crippen LogP contribution in [-0.4, -0.2) is 7.11 Å². The van der Waals surface area contributed by atoms with Crippen molar-refractivity contribution in [3.8, 4) is 11.1 Å². The molecule has 2 aromatic heterocycles. The van der Waals surface area contributed by atoms with Crippen molar-refractivity contribution in [3.63, 3.8) is 0 Å². The number of aryl methyl sites for hydroxylation is 2. The quantitative estimate of drug-likeness (QED) is 0.315. The molecule has 3 aromatic carbocycles. The minimum absolute atomic E-state index is 0.360. The Morgan fingerprint density at radius 1 is 0.806 bits per heavy atom. The molecule has 0 N–H and O–H groups in total. The molecule has 31 heavy (non-hydrogen) atoms. The van der Waals surface area contributed by atoms with Crippen LogP contribution in [0.25, 0.3) is 33.1 Å². The predicted molar refractivity (Wildman–Crippen MR) is 122 cm³/mol. The van der Waals surface area contributed by atoms with Crippen molar-refractivity contribution in [2.45, 2.75) is 20.0 Å². The molecular formula is C27H22O4. The minimum Gasteiger partial charge on any atom is -0.457 e. The number of fused-ring (bicyclic) bond motifs is 2. The molecule has 2 heterocycles. The number of furan rings is 1. The van der Waals surface area contributed by atoms with Gasteiger partial charge >= 0.3 is 5.63 Å². The molecule has 0 saturated heterocycles. The van der Waals surface area contributed by atoms with Gasteiger partial charge < -0.3 is 13.6 Å². The predicted octanol–water partition coefficient (Wildman–Crippen LogP) is 6.56. The van der Waals surface area contributed by atoms with E-state index in [4.69, 9.17) is 13.6 Å². The number of benzene rings is 3. The first-order chi connectivity index (χ1) is 15.1. The van der Waals surface area contributed by atoms with E-state index in [-0.39, 0.29) is 11.7 Å². The highest BCUT2D eigenvalue weighted by molar-refractivity contribution is 6.05. The Morgan fingerprint density at radius 2 is 1.45 bits per heavy atom. The van der Waals surface area contributed by atoms with Crippen LogP contribution < -0.4 is 5.63 Å². The maximum absolute atomic E-state index is 12.0. The molecule has 5 rings (SSSR count). The third-order valence-corrected chi connectivity index (χ3v) is 5.79. The van der Waals surface area contributed by atoms with E-state index in [1.807, 2.05) is 62.4 Å². The van der Waals surface area contributed by atoms with Crippen LogP contribution in [0.2, 0.25) is 0 Å². The van der Waals surface area contributed by atoms with Gasteiger partial charge in [0, 0.05) is 35.1 Å². The summed E-state index contributed by atoms with van der Waals surface area (Å²) < 4.78 is 18.0.